The summed E-state index contributed by atoms with van der Waals surface area (Å²) in [5.74, 6) is -0.732. The van der Waals surface area contributed by atoms with E-state index in [1.54, 1.807) is 19.2 Å². The summed E-state index contributed by atoms with van der Waals surface area (Å²) >= 11 is 0. The zero-order chi connectivity index (χ0) is 20.1. The predicted octanol–water partition coefficient (Wildman–Crippen LogP) is 3.34. The number of imidazole rings is 1. The number of rotatable bonds is 8. The van der Waals surface area contributed by atoms with Gasteiger partial charge in [0.05, 0.1) is 6.10 Å². The molecular weight excluding hydrogens is 370 g/mol. The number of nitrogens with zero attached hydrogens (tertiary/aromatic N) is 2. The van der Waals surface area contributed by atoms with E-state index in [9.17, 15) is 22.4 Å². The monoisotopic (exact) mass is 387 g/mol. The summed E-state index contributed by atoms with van der Waals surface area (Å²) in [5, 5.41) is 11.6. The molecule has 0 saturated heterocycles. The summed E-state index contributed by atoms with van der Waals surface area (Å²) < 4.78 is 56.5. The summed E-state index contributed by atoms with van der Waals surface area (Å²) in [6, 6.07) is 1.37. The average Bonchev–Trinajstić information content (AvgIpc) is 2.97. The van der Waals surface area contributed by atoms with Gasteiger partial charge in [0, 0.05) is 24.7 Å². The summed E-state index contributed by atoms with van der Waals surface area (Å²) in [4.78, 5) is 15.9. The highest BCUT2D eigenvalue weighted by Gasteiger charge is 2.17. The second-order valence-corrected chi connectivity index (χ2v) is 5.62. The zero-order valence-electron chi connectivity index (χ0n) is 14.3. The molecule has 7 nitrogen and oxygen atoms in total. The van der Waals surface area contributed by atoms with Crippen molar-refractivity contribution in [3.05, 3.63) is 36.4 Å². The number of alkyl halides is 4. The van der Waals surface area contributed by atoms with Gasteiger partial charge >= 0.3 is 6.55 Å². The normalized spacial score (nSPS) is 11.7. The van der Waals surface area contributed by atoms with Crippen molar-refractivity contribution in [1.29, 1.82) is 5.41 Å². The van der Waals surface area contributed by atoms with Crippen LogP contribution < -0.4 is 15.4 Å². The van der Waals surface area contributed by atoms with Gasteiger partial charge in [-0.1, -0.05) is 0 Å². The molecule has 0 bridgehead atoms. The van der Waals surface area contributed by atoms with Crippen LogP contribution in [0.5, 0.6) is 5.75 Å². The molecule has 2 rings (SSSR count). The molecule has 2 aromatic heterocycles. The fourth-order valence-corrected chi connectivity index (χ4v) is 2.06. The first kappa shape index (κ1) is 20.2. The molecule has 3 N–H and O–H groups in total. The first-order valence-electron chi connectivity index (χ1n) is 7.75. The number of amides is 1. The molecule has 0 aromatic carbocycles. The molecule has 1 amide bonds. The Labute approximate surface area is 151 Å². The Hall–Kier alpha value is -3.11. The number of carbonyl (C=O) groups excluding carboxylic acids is 1. The second kappa shape index (κ2) is 8.52. The minimum Gasteiger partial charge on any atom is -0.489 e. The van der Waals surface area contributed by atoms with E-state index in [2.05, 4.69) is 10.3 Å². The highest BCUT2D eigenvalue weighted by Crippen LogP contribution is 2.29. The molecule has 0 fully saturated rings. The largest absolute Gasteiger partial charge is 0.489 e. The Kier molecular flexibility index (Phi) is 6.37. The number of hydrogen-bond acceptors (Lipinski definition) is 5. The van der Waals surface area contributed by atoms with Crippen molar-refractivity contribution >= 4 is 23.0 Å². The lowest BCUT2D eigenvalue weighted by Crippen LogP contribution is -2.22. The Morgan fingerprint density at radius 3 is 2.59 bits per heavy atom. The third-order valence-corrected chi connectivity index (χ3v) is 3.12. The van der Waals surface area contributed by atoms with Crippen LogP contribution in [0.4, 0.5) is 23.2 Å². The Balaban J connectivity index is 2.29. The van der Waals surface area contributed by atoms with E-state index in [1.165, 1.54) is 16.7 Å². The molecule has 0 atom stereocenters. The van der Waals surface area contributed by atoms with Gasteiger partial charge in [-0.15, -0.1) is 0 Å². The number of halogens is 4. The van der Waals surface area contributed by atoms with E-state index >= 15 is 0 Å². The van der Waals surface area contributed by atoms with Crippen LogP contribution in [-0.4, -0.2) is 33.7 Å². The summed E-state index contributed by atoms with van der Waals surface area (Å²) in [7, 11) is 0. The van der Waals surface area contributed by atoms with Crippen molar-refractivity contribution < 1.29 is 27.1 Å². The molecule has 11 heteroatoms. The molecule has 0 saturated carbocycles. The van der Waals surface area contributed by atoms with Crippen molar-refractivity contribution in [2.75, 3.05) is 5.32 Å². The van der Waals surface area contributed by atoms with Gasteiger partial charge in [0.25, 0.3) is 12.3 Å². The van der Waals surface area contributed by atoms with Crippen LogP contribution in [-0.2, 0) is 4.79 Å². The molecule has 0 aliphatic heterocycles. The SMILES string of the molecule is CC(C)Oc1cc2nc(C(F)F)cn2cc1NC(=O)C(=N)/C=C\NC(F)F. The molecule has 0 spiro atoms. The molecule has 0 aliphatic rings. The number of pyridine rings is 1. The predicted molar refractivity (Wildman–Crippen MR) is 90.5 cm³/mol. The standard InChI is InChI=1S/C16H17F4N5O2/c1-8(2)27-12-5-13-23-11(14(17)18)7-25(13)6-10(12)24-15(26)9(21)3-4-22-16(19)20/h3-8,14,16,21-22H,1-2H3,(H,24,26)/b4-3-,21-9?. The van der Waals surface area contributed by atoms with E-state index < -0.39 is 30.3 Å². The van der Waals surface area contributed by atoms with Crippen LogP contribution >= 0.6 is 0 Å². The van der Waals surface area contributed by atoms with Crippen molar-refractivity contribution in [3.63, 3.8) is 0 Å². The number of ether oxygens (including phenoxy) is 1. The van der Waals surface area contributed by atoms with Crippen LogP contribution in [0.25, 0.3) is 5.65 Å². The topological polar surface area (TPSA) is 91.5 Å². The first-order valence-corrected chi connectivity index (χ1v) is 7.75. The van der Waals surface area contributed by atoms with Crippen molar-refractivity contribution in [2.45, 2.75) is 32.9 Å². The smallest absolute Gasteiger partial charge is 0.312 e. The third-order valence-electron chi connectivity index (χ3n) is 3.12. The van der Waals surface area contributed by atoms with Gasteiger partial charge in [-0.25, -0.2) is 13.8 Å². The van der Waals surface area contributed by atoms with Gasteiger partial charge in [-0.05, 0) is 19.9 Å². The maximum Gasteiger partial charge on any atom is 0.312 e. The maximum absolute atomic E-state index is 12.8. The quantitative estimate of drug-likeness (QED) is 0.368. The number of hydrogen-bond donors (Lipinski definition) is 3. The molecular formula is C16H17F4N5O2. The lowest BCUT2D eigenvalue weighted by Gasteiger charge is -2.15. The van der Waals surface area contributed by atoms with Gasteiger partial charge in [0.15, 0.2) is 0 Å². The van der Waals surface area contributed by atoms with E-state index in [1.807, 2.05) is 0 Å². The molecule has 2 aromatic rings. The van der Waals surface area contributed by atoms with Crippen LogP contribution in [0.3, 0.4) is 0 Å². The van der Waals surface area contributed by atoms with Crippen LogP contribution in [0.2, 0.25) is 0 Å². The maximum atomic E-state index is 12.8. The first-order chi connectivity index (χ1) is 12.7. The van der Waals surface area contributed by atoms with Crippen molar-refractivity contribution in [2.24, 2.45) is 0 Å². The molecule has 0 unspecified atom stereocenters. The Morgan fingerprint density at radius 2 is 2.00 bits per heavy atom. The van der Waals surface area contributed by atoms with Crippen molar-refractivity contribution in [3.8, 4) is 5.75 Å². The number of carbonyl (C=O) groups is 1. The zero-order valence-corrected chi connectivity index (χ0v) is 14.3. The number of fused-ring (bicyclic) bond motifs is 1. The number of aromatic nitrogens is 2. The number of anilines is 1. The van der Waals surface area contributed by atoms with E-state index in [4.69, 9.17) is 10.1 Å². The van der Waals surface area contributed by atoms with Crippen LogP contribution in [0.15, 0.2) is 30.7 Å². The lowest BCUT2D eigenvalue weighted by atomic mass is 10.3. The molecule has 0 aliphatic carbocycles. The minimum absolute atomic E-state index is 0.111. The fraction of sp³-hybridized carbons (Fsp3) is 0.312. The van der Waals surface area contributed by atoms with Gasteiger partial charge in [0.2, 0.25) is 0 Å². The summed E-state index contributed by atoms with van der Waals surface area (Å²) in [6.45, 7) is 0.635. The minimum atomic E-state index is -2.82. The molecule has 146 valence electrons. The third kappa shape index (κ3) is 5.43. The summed E-state index contributed by atoms with van der Waals surface area (Å²) in [6.07, 6.45) is 0.992. The molecule has 27 heavy (non-hydrogen) atoms. The van der Waals surface area contributed by atoms with Gasteiger partial charge < -0.3 is 19.8 Å². The van der Waals surface area contributed by atoms with Crippen LogP contribution in [0.1, 0.15) is 26.0 Å². The highest BCUT2D eigenvalue weighted by molar-refractivity contribution is 6.46. The van der Waals surface area contributed by atoms with E-state index in [0.29, 0.717) is 0 Å². The number of nitrogens with one attached hydrogen (secondary N) is 3. The molecule has 2 heterocycles. The second-order valence-electron chi connectivity index (χ2n) is 5.62. The van der Waals surface area contributed by atoms with Crippen LogP contribution in [0, 0.1) is 5.41 Å². The van der Waals surface area contributed by atoms with E-state index in [0.717, 1.165) is 18.5 Å². The molecule has 0 radical (unpaired) electrons. The van der Waals surface area contributed by atoms with Gasteiger partial charge in [0.1, 0.15) is 28.5 Å². The highest BCUT2D eigenvalue weighted by atomic mass is 19.3. The van der Waals surface area contributed by atoms with Gasteiger partial charge in [-0.3, -0.25) is 10.2 Å². The fourth-order valence-electron chi connectivity index (χ4n) is 2.06. The lowest BCUT2D eigenvalue weighted by molar-refractivity contribution is -0.110. The summed E-state index contributed by atoms with van der Waals surface area (Å²) in [5.41, 5.74) is -0.741. The van der Waals surface area contributed by atoms with E-state index in [-0.39, 0.29) is 23.2 Å². The Bertz CT molecular complexity index is 864. The van der Waals surface area contributed by atoms with Gasteiger partial charge in [-0.2, -0.15) is 8.78 Å². The average molecular weight is 387 g/mol. The Morgan fingerprint density at radius 1 is 1.30 bits per heavy atom. The van der Waals surface area contributed by atoms with Crippen molar-refractivity contribution in [1.82, 2.24) is 14.7 Å².